The van der Waals surface area contributed by atoms with Crippen LogP contribution < -0.4 is 15.8 Å². The fourth-order valence-electron chi connectivity index (χ4n) is 2.35. The van der Waals surface area contributed by atoms with E-state index in [-0.39, 0.29) is 5.91 Å². The van der Waals surface area contributed by atoms with Crippen molar-refractivity contribution in [3.8, 4) is 5.75 Å². The molecule has 102 valence electrons. The molecule has 1 aliphatic rings. The maximum Gasteiger partial charge on any atom is 0.257 e. The van der Waals surface area contributed by atoms with Gasteiger partial charge in [-0.25, -0.2) is 0 Å². The normalized spacial score (nSPS) is 14.1. The number of nitrogens with two attached hydrogens (primary N) is 1. The number of carbonyl (C=O) groups excluding carboxylic acids is 1. The lowest BCUT2D eigenvalue weighted by atomic mass is 10.1. The first-order chi connectivity index (χ1) is 9.22. The van der Waals surface area contributed by atoms with Crippen LogP contribution in [0.3, 0.4) is 0 Å². The predicted molar refractivity (Wildman–Crippen MR) is 76.3 cm³/mol. The predicted octanol–water partition coefficient (Wildman–Crippen LogP) is 2.51. The van der Waals surface area contributed by atoms with Crippen LogP contribution in [0.15, 0.2) is 29.8 Å². The van der Waals surface area contributed by atoms with E-state index in [4.69, 9.17) is 10.5 Å². The van der Waals surface area contributed by atoms with Crippen LogP contribution in [0.25, 0.3) is 0 Å². The minimum Gasteiger partial charge on any atom is -0.496 e. The third-order valence-corrected chi connectivity index (χ3v) is 3.37. The molecule has 1 aliphatic carbocycles. The van der Waals surface area contributed by atoms with Gasteiger partial charge in [-0.3, -0.25) is 4.79 Å². The largest absolute Gasteiger partial charge is 0.496 e. The average molecular weight is 260 g/mol. The molecule has 0 bridgehead atoms. The summed E-state index contributed by atoms with van der Waals surface area (Å²) >= 11 is 0. The van der Waals surface area contributed by atoms with Gasteiger partial charge in [-0.15, -0.1) is 0 Å². The van der Waals surface area contributed by atoms with Gasteiger partial charge in [0.05, 0.1) is 7.11 Å². The number of anilines is 1. The maximum absolute atomic E-state index is 12.1. The smallest absolute Gasteiger partial charge is 0.257 e. The molecule has 0 heterocycles. The van der Waals surface area contributed by atoms with E-state index in [0.717, 1.165) is 12.8 Å². The standard InChI is InChI=1S/C15H20N2O2/c1-19-13-8-4-7-12(16)14(13)15(18)17-10-9-11-5-2-3-6-11/h4-5,7-8H,2-3,6,9-10,16H2,1H3,(H,17,18). The van der Waals surface area contributed by atoms with Crippen molar-refractivity contribution in [1.82, 2.24) is 5.32 Å². The number of rotatable bonds is 5. The van der Waals surface area contributed by atoms with Gasteiger partial charge in [0.15, 0.2) is 0 Å². The van der Waals surface area contributed by atoms with Crippen LogP contribution in [0.1, 0.15) is 36.0 Å². The molecule has 1 aromatic carbocycles. The number of allylic oxidation sites excluding steroid dienone is 1. The van der Waals surface area contributed by atoms with Gasteiger partial charge >= 0.3 is 0 Å². The highest BCUT2D eigenvalue weighted by Gasteiger charge is 2.15. The Bertz CT molecular complexity index is 495. The average Bonchev–Trinajstić information content (AvgIpc) is 2.91. The monoisotopic (exact) mass is 260 g/mol. The quantitative estimate of drug-likeness (QED) is 0.631. The molecule has 0 aromatic heterocycles. The third-order valence-electron chi connectivity index (χ3n) is 3.37. The van der Waals surface area contributed by atoms with Crippen molar-refractivity contribution in [2.75, 3.05) is 19.4 Å². The summed E-state index contributed by atoms with van der Waals surface area (Å²) in [6, 6.07) is 5.22. The van der Waals surface area contributed by atoms with E-state index in [1.807, 2.05) is 0 Å². The fraction of sp³-hybridized carbons (Fsp3) is 0.400. The molecule has 0 saturated carbocycles. The second-order valence-electron chi connectivity index (χ2n) is 4.69. The van der Waals surface area contributed by atoms with Crippen molar-refractivity contribution in [2.45, 2.75) is 25.7 Å². The van der Waals surface area contributed by atoms with Gasteiger partial charge in [-0.1, -0.05) is 17.7 Å². The molecule has 0 fully saturated rings. The van der Waals surface area contributed by atoms with Crippen molar-refractivity contribution < 1.29 is 9.53 Å². The van der Waals surface area contributed by atoms with E-state index in [9.17, 15) is 4.79 Å². The molecule has 4 nitrogen and oxygen atoms in total. The van der Waals surface area contributed by atoms with Crippen molar-refractivity contribution in [1.29, 1.82) is 0 Å². The molecule has 1 amide bonds. The molecule has 0 saturated heterocycles. The number of methoxy groups -OCH3 is 1. The Morgan fingerprint density at radius 3 is 3.00 bits per heavy atom. The van der Waals surface area contributed by atoms with Gasteiger partial charge in [0, 0.05) is 12.2 Å². The van der Waals surface area contributed by atoms with Crippen LogP contribution >= 0.6 is 0 Å². The Balaban J connectivity index is 1.95. The number of ether oxygens (including phenoxy) is 1. The molecule has 4 heteroatoms. The van der Waals surface area contributed by atoms with Gasteiger partial charge in [0.25, 0.3) is 5.91 Å². The Kier molecular flexibility index (Phi) is 4.44. The zero-order chi connectivity index (χ0) is 13.7. The second-order valence-corrected chi connectivity index (χ2v) is 4.69. The van der Waals surface area contributed by atoms with E-state index < -0.39 is 0 Å². The van der Waals surface area contributed by atoms with Crippen LogP contribution in [-0.2, 0) is 0 Å². The van der Waals surface area contributed by atoms with E-state index in [1.54, 1.807) is 18.2 Å². The van der Waals surface area contributed by atoms with Crippen LogP contribution in [0.5, 0.6) is 5.75 Å². The van der Waals surface area contributed by atoms with Crippen LogP contribution in [0.2, 0.25) is 0 Å². The number of amides is 1. The molecule has 0 unspecified atom stereocenters. The van der Waals surface area contributed by atoms with Gasteiger partial charge in [-0.05, 0) is 37.8 Å². The summed E-state index contributed by atoms with van der Waals surface area (Å²) in [6.07, 6.45) is 6.75. The van der Waals surface area contributed by atoms with Crippen molar-refractivity contribution in [3.05, 3.63) is 35.4 Å². The number of nitrogen functional groups attached to an aromatic ring is 1. The lowest BCUT2D eigenvalue weighted by Crippen LogP contribution is -2.26. The Hall–Kier alpha value is -1.97. The van der Waals surface area contributed by atoms with Crippen LogP contribution in [-0.4, -0.2) is 19.6 Å². The van der Waals surface area contributed by atoms with Gasteiger partial charge in [0.2, 0.25) is 0 Å². The summed E-state index contributed by atoms with van der Waals surface area (Å²) in [5.41, 5.74) is 8.14. The summed E-state index contributed by atoms with van der Waals surface area (Å²) in [5, 5.41) is 2.90. The lowest BCUT2D eigenvalue weighted by molar-refractivity contribution is 0.0952. The minimum atomic E-state index is -0.173. The Morgan fingerprint density at radius 2 is 2.32 bits per heavy atom. The van der Waals surface area contributed by atoms with Crippen LogP contribution in [0, 0.1) is 0 Å². The van der Waals surface area contributed by atoms with E-state index >= 15 is 0 Å². The molecule has 0 spiro atoms. The highest BCUT2D eigenvalue weighted by Crippen LogP contribution is 2.24. The molecule has 3 N–H and O–H groups in total. The first kappa shape index (κ1) is 13.5. The highest BCUT2D eigenvalue weighted by atomic mass is 16.5. The molecule has 19 heavy (non-hydrogen) atoms. The molecule has 1 aromatic rings. The highest BCUT2D eigenvalue weighted by molar-refractivity contribution is 6.01. The molecule has 0 atom stereocenters. The Morgan fingerprint density at radius 1 is 1.47 bits per heavy atom. The summed E-state index contributed by atoms with van der Waals surface area (Å²) in [5.74, 6) is 0.339. The van der Waals surface area contributed by atoms with E-state index in [1.165, 1.54) is 25.5 Å². The summed E-state index contributed by atoms with van der Waals surface area (Å²) in [6.45, 7) is 0.641. The van der Waals surface area contributed by atoms with Crippen molar-refractivity contribution >= 4 is 11.6 Å². The molecular weight excluding hydrogens is 240 g/mol. The van der Waals surface area contributed by atoms with Crippen molar-refractivity contribution in [3.63, 3.8) is 0 Å². The fourth-order valence-corrected chi connectivity index (χ4v) is 2.35. The van der Waals surface area contributed by atoms with Crippen LogP contribution in [0.4, 0.5) is 5.69 Å². The number of nitrogens with one attached hydrogen (secondary N) is 1. The maximum atomic E-state index is 12.1. The van der Waals surface area contributed by atoms with Gasteiger partial charge in [0.1, 0.15) is 11.3 Å². The van der Waals surface area contributed by atoms with Gasteiger partial charge in [-0.2, -0.15) is 0 Å². The number of carbonyl (C=O) groups is 1. The minimum absolute atomic E-state index is 0.173. The molecule has 0 aliphatic heterocycles. The van der Waals surface area contributed by atoms with Crippen molar-refractivity contribution in [2.24, 2.45) is 0 Å². The Labute approximate surface area is 113 Å². The lowest BCUT2D eigenvalue weighted by Gasteiger charge is -2.11. The number of hydrogen-bond acceptors (Lipinski definition) is 3. The topological polar surface area (TPSA) is 64.3 Å². The first-order valence-corrected chi connectivity index (χ1v) is 6.61. The van der Waals surface area contributed by atoms with E-state index in [2.05, 4.69) is 11.4 Å². The summed E-state index contributed by atoms with van der Waals surface area (Å²) in [7, 11) is 1.54. The molecule has 0 radical (unpaired) electrons. The second kappa shape index (κ2) is 6.27. The number of benzene rings is 1. The summed E-state index contributed by atoms with van der Waals surface area (Å²) in [4.78, 5) is 12.1. The molecule has 2 rings (SSSR count). The SMILES string of the molecule is COc1cccc(N)c1C(=O)NCCC1=CCCC1. The molecular formula is C15H20N2O2. The zero-order valence-corrected chi connectivity index (χ0v) is 11.2. The zero-order valence-electron chi connectivity index (χ0n) is 11.2. The number of hydrogen-bond donors (Lipinski definition) is 2. The van der Waals surface area contributed by atoms with Gasteiger partial charge < -0.3 is 15.8 Å². The third kappa shape index (κ3) is 3.28. The summed E-state index contributed by atoms with van der Waals surface area (Å²) < 4.78 is 5.17. The van der Waals surface area contributed by atoms with E-state index in [0.29, 0.717) is 23.5 Å². The first-order valence-electron chi connectivity index (χ1n) is 6.61.